The van der Waals surface area contributed by atoms with E-state index in [0.717, 1.165) is 11.8 Å². The van der Waals surface area contributed by atoms with Crippen LogP contribution in [0.3, 0.4) is 0 Å². The maximum Gasteiger partial charge on any atom is 0.334 e. The highest BCUT2D eigenvalue weighted by Gasteiger charge is 2.46. The fourth-order valence-corrected chi connectivity index (χ4v) is 3.40. The molecule has 3 heteroatoms. The molecule has 4 atom stereocenters. The standard InChI is InChI=1S/C11H15BrO2/c1-6-3-4-8-7(2)11(13)14-9(5-12)10(6)8/h6,8-10H,2-5H2,1H3/t6-,8+,9-,10+/m0/s1. The number of alkyl halides is 1. The number of rotatable bonds is 1. The molecule has 78 valence electrons. The summed E-state index contributed by atoms with van der Waals surface area (Å²) < 4.78 is 5.35. The van der Waals surface area contributed by atoms with Gasteiger partial charge in [0.1, 0.15) is 6.10 Å². The molecule has 0 aromatic heterocycles. The fourth-order valence-electron chi connectivity index (χ4n) is 2.83. The third-order valence-electron chi connectivity index (χ3n) is 3.60. The Labute approximate surface area is 92.8 Å². The molecule has 0 radical (unpaired) electrons. The summed E-state index contributed by atoms with van der Waals surface area (Å²) in [5.74, 6) is 1.31. The highest BCUT2D eigenvalue weighted by atomic mass is 79.9. The highest BCUT2D eigenvalue weighted by molar-refractivity contribution is 9.09. The van der Waals surface area contributed by atoms with Crippen LogP contribution in [-0.2, 0) is 9.53 Å². The molecule has 1 saturated heterocycles. The summed E-state index contributed by atoms with van der Waals surface area (Å²) in [6.45, 7) is 6.09. The molecule has 1 aliphatic heterocycles. The predicted molar refractivity (Wildman–Crippen MR) is 58.2 cm³/mol. The van der Waals surface area contributed by atoms with Crippen LogP contribution >= 0.6 is 15.9 Å². The zero-order valence-electron chi connectivity index (χ0n) is 8.33. The first-order chi connectivity index (χ1) is 6.65. The normalized spacial score (nSPS) is 42.1. The van der Waals surface area contributed by atoms with E-state index < -0.39 is 0 Å². The molecule has 14 heavy (non-hydrogen) atoms. The van der Waals surface area contributed by atoms with Gasteiger partial charge in [-0.05, 0) is 24.7 Å². The Balaban J connectivity index is 2.25. The summed E-state index contributed by atoms with van der Waals surface area (Å²) in [7, 11) is 0. The van der Waals surface area contributed by atoms with Crippen molar-refractivity contribution >= 4 is 21.9 Å². The lowest BCUT2D eigenvalue weighted by molar-refractivity contribution is -0.152. The van der Waals surface area contributed by atoms with Gasteiger partial charge in [0, 0.05) is 16.8 Å². The van der Waals surface area contributed by atoms with E-state index in [1.54, 1.807) is 0 Å². The fraction of sp³-hybridized carbons (Fsp3) is 0.727. The number of fused-ring (bicyclic) bond motifs is 1. The molecule has 2 rings (SSSR count). The molecular formula is C11H15BrO2. The summed E-state index contributed by atoms with van der Waals surface area (Å²) in [6, 6.07) is 0. The van der Waals surface area contributed by atoms with Gasteiger partial charge in [-0.3, -0.25) is 0 Å². The molecule has 0 bridgehead atoms. The second-order valence-electron chi connectivity index (χ2n) is 4.36. The summed E-state index contributed by atoms with van der Waals surface area (Å²) in [4.78, 5) is 11.5. The van der Waals surface area contributed by atoms with Crippen LogP contribution in [0.4, 0.5) is 0 Å². The van der Waals surface area contributed by atoms with Crippen molar-refractivity contribution in [2.75, 3.05) is 5.33 Å². The number of ether oxygens (including phenoxy) is 1. The van der Waals surface area contributed by atoms with Crippen LogP contribution in [0.1, 0.15) is 19.8 Å². The summed E-state index contributed by atoms with van der Waals surface area (Å²) in [6.07, 6.45) is 2.34. The smallest absolute Gasteiger partial charge is 0.334 e. The molecule has 1 aliphatic carbocycles. The molecule has 1 saturated carbocycles. The summed E-state index contributed by atoms with van der Waals surface area (Å²) >= 11 is 3.42. The van der Waals surface area contributed by atoms with Gasteiger partial charge in [0.2, 0.25) is 0 Å². The van der Waals surface area contributed by atoms with Crippen LogP contribution in [0.15, 0.2) is 12.2 Å². The van der Waals surface area contributed by atoms with E-state index >= 15 is 0 Å². The van der Waals surface area contributed by atoms with Gasteiger partial charge in [-0.2, -0.15) is 0 Å². The SMILES string of the molecule is C=C1C(=O)O[C@@H](CBr)[C@H]2[C@@H]1CC[C@@H]2C. The van der Waals surface area contributed by atoms with Crippen molar-refractivity contribution in [3.05, 3.63) is 12.2 Å². The van der Waals surface area contributed by atoms with Gasteiger partial charge in [0.15, 0.2) is 0 Å². The van der Waals surface area contributed by atoms with Gasteiger partial charge in [-0.1, -0.05) is 29.4 Å². The van der Waals surface area contributed by atoms with Crippen molar-refractivity contribution in [3.63, 3.8) is 0 Å². The number of hydrogen-bond donors (Lipinski definition) is 0. The molecule has 0 spiro atoms. The number of carbonyl (C=O) groups excluding carboxylic acids is 1. The second kappa shape index (κ2) is 3.69. The van der Waals surface area contributed by atoms with Crippen molar-refractivity contribution in [2.24, 2.45) is 17.8 Å². The molecule has 0 unspecified atom stereocenters. The van der Waals surface area contributed by atoms with Gasteiger partial charge in [-0.15, -0.1) is 0 Å². The van der Waals surface area contributed by atoms with Gasteiger partial charge in [0.25, 0.3) is 0 Å². The Hall–Kier alpha value is -0.310. The minimum Gasteiger partial charge on any atom is -0.458 e. The maximum atomic E-state index is 11.5. The van der Waals surface area contributed by atoms with E-state index in [2.05, 4.69) is 29.4 Å². The van der Waals surface area contributed by atoms with E-state index in [-0.39, 0.29) is 12.1 Å². The van der Waals surface area contributed by atoms with Gasteiger partial charge >= 0.3 is 5.97 Å². The second-order valence-corrected chi connectivity index (χ2v) is 5.01. The molecule has 2 nitrogen and oxygen atoms in total. The zero-order valence-corrected chi connectivity index (χ0v) is 9.92. The first kappa shape index (κ1) is 10.2. The maximum absolute atomic E-state index is 11.5. The van der Waals surface area contributed by atoms with Gasteiger partial charge in [0.05, 0.1) is 0 Å². The number of carbonyl (C=O) groups is 1. The largest absolute Gasteiger partial charge is 0.458 e. The average Bonchev–Trinajstić information content (AvgIpc) is 2.55. The van der Waals surface area contributed by atoms with Crippen molar-refractivity contribution in [2.45, 2.75) is 25.9 Å². The third-order valence-corrected chi connectivity index (χ3v) is 4.24. The number of esters is 1. The van der Waals surface area contributed by atoms with Crippen LogP contribution in [-0.4, -0.2) is 17.4 Å². The predicted octanol–water partition coefficient (Wildman–Crippen LogP) is 2.53. The Kier molecular flexibility index (Phi) is 2.69. The first-order valence-electron chi connectivity index (χ1n) is 5.11. The van der Waals surface area contributed by atoms with Crippen LogP contribution < -0.4 is 0 Å². The quantitative estimate of drug-likeness (QED) is 0.411. The highest BCUT2D eigenvalue weighted by Crippen LogP contribution is 2.46. The summed E-state index contributed by atoms with van der Waals surface area (Å²) in [5, 5.41) is 0.748. The summed E-state index contributed by atoms with van der Waals surface area (Å²) in [5.41, 5.74) is 0.691. The van der Waals surface area contributed by atoms with E-state index in [0.29, 0.717) is 23.3 Å². The molecule has 0 N–H and O–H groups in total. The molecule has 0 aromatic rings. The molecular weight excluding hydrogens is 244 g/mol. The molecule has 0 aromatic carbocycles. The lowest BCUT2D eigenvalue weighted by Gasteiger charge is -2.35. The molecule has 2 fully saturated rings. The van der Waals surface area contributed by atoms with Gasteiger partial charge in [-0.25, -0.2) is 4.79 Å². The minimum absolute atomic E-state index is 0.0514. The number of hydrogen-bond acceptors (Lipinski definition) is 2. The minimum atomic E-state index is -0.190. The Bertz CT molecular complexity index is 274. The zero-order chi connectivity index (χ0) is 10.3. The molecule has 2 aliphatic rings. The van der Waals surface area contributed by atoms with Crippen LogP contribution in [0.5, 0.6) is 0 Å². The van der Waals surface area contributed by atoms with Crippen molar-refractivity contribution in [1.29, 1.82) is 0 Å². The van der Waals surface area contributed by atoms with E-state index in [1.165, 1.54) is 6.42 Å². The number of halogens is 1. The molecule has 0 amide bonds. The van der Waals surface area contributed by atoms with Crippen molar-refractivity contribution < 1.29 is 9.53 Å². The van der Waals surface area contributed by atoms with E-state index in [9.17, 15) is 4.79 Å². The van der Waals surface area contributed by atoms with E-state index in [4.69, 9.17) is 4.74 Å². The van der Waals surface area contributed by atoms with Crippen LogP contribution in [0.2, 0.25) is 0 Å². The average molecular weight is 259 g/mol. The molecule has 1 heterocycles. The third kappa shape index (κ3) is 1.42. The number of cyclic esters (lactones) is 1. The van der Waals surface area contributed by atoms with Crippen molar-refractivity contribution in [1.82, 2.24) is 0 Å². The Morgan fingerprint density at radius 3 is 2.93 bits per heavy atom. The topological polar surface area (TPSA) is 26.3 Å². The van der Waals surface area contributed by atoms with E-state index in [1.807, 2.05) is 0 Å². The van der Waals surface area contributed by atoms with Crippen LogP contribution in [0.25, 0.3) is 0 Å². The van der Waals surface area contributed by atoms with Crippen molar-refractivity contribution in [3.8, 4) is 0 Å². The monoisotopic (exact) mass is 258 g/mol. The first-order valence-corrected chi connectivity index (χ1v) is 6.23. The Morgan fingerprint density at radius 1 is 1.57 bits per heavy atom. The Morgan fingerprint density at radius 2 is 2.29 bits per heavy atom. The van der Waals surface area contributed by atoms with Crippen LogP contribution in [0, 0.1) is 17.8 Å². The van der Waals surface area contributed by atoms with Gasteiger partial charge < -0.3 is 4.74 Å². The lowest BCUT2D eigenvalue weighted by atomic mass is 9.80. The lowest BCUT2D eigenvalue weighted by Crippen LogP contribution is -2.41.